The van der Waals surface area contributed by atoms with Crippen LogP contribution in [-0.2, 0) is 4.79 Å². The Morgan fingerprint density at radius 1 is 1.09 bits per heavy atom. The molecule has 8 heteroatoms. The van der Waals surface area contributed by atoms with Crippen LogP contribution < -0.4 is 4.74 Å². The molecule has 0 aliphatic carbocycles. The van der Waals surface area contributed by atoms with E-state index in [0.717, 1.165) is 15.7 Å². The van der Waals surface area contributed by atoms with Gasteiger partial charge in [0.15, 0.2) is 0 Å². The number of aromatic amines is 1. The number of carbonyl (C=O) groups is 2. The van der Waals surface area contributed by atoms with Crippen molar-refractivity contribution >= 4 is 44.2 Å². The van der Waals surface area contributed by atoms with Gasteiger partial charge in [-0.25, -0.2) is 0 Å². The van der Waals surface area contributed by atoms with Gasteiger partial charge in [0.2, 0.25) is 0 Å². The first-order valence-corrected chi connectivity index (χ1v) is 10.9. The molecule has 0 radical (unpaired) electrons. The summed E-state index contributed by atoms with van der Waals surface area (Å²) < 4.78 is 6.19. The second kappa shape index (κ2) is 9.28. The Morgan fingerprint density at radius 2 is 1.78 bits per heavy atom. The lowest BCUT2D eigenvalue weighted by Crippen LogP contribution is -2.49. The lowest BCUT2D eigenvalue weighted by Gasteiger charge is -2.37. The summed E-state index contributed by atoms with van der Waals surface area (Å²) in [5.74, 6) is -0.588. The molecule has 7 nitrogen and oxygen atoms in total. The third-order valence-electron chi connectivity index (χ3n) is 5.58. The molecule has 0 saturated carbocycles. The Hall–Kier alpha value is -3.57. The zero-order valence-electron chi connectivity index (χ0n) is 17.5. The van der Waals surface area contributed by atoms with Crippen molar-refractivity contribution in [3.05, 3.63) is 70.3 Å². The highest BCUT2D eigenvalue weighted by Gasteiger charge is 2.30. The summed E-state index contributed by atoms with van der Waals surface area (Å²) in [6, 6.07) is 15.4. The number of aromatic nitrogens is 1. The molecule has 0 spiro atoms. The van der Waals surface area contributed by atoms with Crippen molar-refractivity contribution in [2.24, 2.45) is 0 Å². The van der Waals surface area contributed by atoms with E-state index in [9.17, 15) is 14.9 Å². The number of Topliss-reactive ketones (excluding diaryl/α,β-unsaturated/α-hetero) is 1. The fraction of sp³-hybridized carbons (Fsp3) is 0.208. The molecule has 2 heterocycles. The van der Waals surface area contributed by atoms with Crippen LogP contribution in [-0.4, -0.2) is 59.8 Å². The molecular weight excluding hydrogens is 472 g/mol. The topological polar surface area (TPSA) is 89.4 Å². The maximum atomic E-state index is 13.1. The summed E-state index contributed by atoms with van der Waals surface area (Å²) in [5, 5.41) is 9.80. The Bertz CT molecular complexity index is 1240. The number of piperazine rings is 1. The smallest absolute Gasteiger partial charge is 0.295 e. The van der Waals surface area contributed by atoms with Gasteiger partial charge >= 0.3 is 0 Å². The molecule has 162 valence electrons. The van der Waals surface area contributed by atoms with E-state index in [1.54, 1.807) is 17.2 Å². The van der Waals surface area contributed by atoms with Gasteiger partial charge in [0, 0.05) is 42.9 Å². The minimum atomic E-state index is -0.572. The lowest BCUT2D eigenvalue weighted by molar-refractivity contribution is -0.127. The molecule has 2 aromatic carbocycles. The van der Waals surface area contributed by atoms with E-state index in [1.807, 2.05) is 36.4 Å². The SMILES string of the molecule is COc1ccc(Br)c2[nH]cc(C(=O)C(=O)N3CCN(/C(=C/C#N)c4ccccc4)CC3)c12. The molecule has 1 fully saturated rings. The number of methoxy groups -OCH3 is 1. The predicted molar refractivity (Wildman–Crippen MR) is 125 cm³/mol. The molecule has 1 amide bonds. The van der Waals surface area contributed by atoms with Crippen LogP contribution in [0.15, 0.2) is 59.2 Å². The molecule has 1 aliphatic heterocycles. The van der Waals surface area contributed by atoms with Crippen molar-refractivity contribution in [3.63, 3.8) is 0 Å². The van der Waals surface area contributed by atoms with Crippen molar-refractivity contribution in [1.82, 2.24) is 14.8 Å². The molecule has 1 aromatic heterocycles. The molecule has 0 unspecified atom stereocenters. The average molecular weight is 493 g/mol. The van der Waals surface area contributed by atoms with Crippen LogP contribution in [0.25, 0.3) is 16.6 Å². The van der Waals surface area contributed by atoms with Crippen molar-refractivity contribution in [3.8, 4) is 11.8 Å². The van der Waals surface area contributed by atoms with E-state index in [2.05, 4.69) is 31.9 Å². The maximum Gasteiger partial charge on any atom is 0.295 e. The number of benzene rings is 2. The zero-order valence-corrected chi connectivity index (χ0v) is 19.1. The van der Waals surface area contributed by atoms with Gasteiger partial charge in [0.25, 0.3) is 11.7 Å². The Kier molecular flexibility index (Phi) is 6.28. The molecule has 1 N–H and O–H groups in total. The second-order valence-corrected chi connectivity index (χ2v) is 8.19. The van der Waals surface area contributed by atoms with Gasteiger partial charge in [-0.3, -0.25) is 9.59 Å². The fourth-order valence-electron chi connectivity index (χ4n) is 3.97. The van der Waals surface area contributed by atoms with E-state index in [0.29, 0.717) is 48.4 Å². The van der Waals surface area contributed by atoms with Gasteiger partial charge in [-0.1, -0.05) is 30.3 Å². The van der Waals surface area contributed by atoms with E-state index >= 15 is 0 Å². The second-order valence-electron chi connectivity index (χ2n) is 7.34. The van der Waals surface area contributed by atoms with Crippen LogP contribution in [0, 0.1) is 11.3 Å². The van der Waals surface area contributed by atoms with Crippen LogP contribution in [0.2, 0.25) is 0 Å². The minimum absolute atomic E-state index is 0.292. The van der Waals surface area contributed by atoms with Gasteiger partial charge in [0.1, 0.15) is 5.75 Å². The van der Waals surface area contributed by atoms with E-state index in [1.165, 1.54) is 13.2 Å². The Labute approximate surface area is 194 Å². The molecule has 1 saturated heterocycles. The van der Waals surface area contributed by atoms with Crippen molar-refractivity contribution in [2.45, 2.75) is 0 Å². The molecule has 3 aromatic rings. The van der Waals surface area contributed by atoms with Gasteiger partial charge < -0.3 is 19.5 Å². The maximum absolute atomic E-state index is 13.1. The van der Waals surface area contributed by atoms with Gasteiger partial charge in [-0.05, 0) is 33.6 Å². The highest BCUT2D eigenvalue weighted by Crippen LogP contribution is 2.34. The van der Waals surface area contributed by atoms with Crippen LogP contribution in [0.1, 0.15) is 15.9 Å². The number of nitriles is 1. The zero-order chi connectivity index (χ0) is 22.7. The van der Waals surface area contributed by atoms with Gasteiger partial charge in [-0.15, -0.1) is 0 Å². The Balaban J connectivity index is 1.51. The number of amides is 1. The first-order chi connectivity index (χ1) is 15.5. The number of ether oxygens (including phenoxy) is 1. The van der Waals surface area contributed by atoms with E-state index in [4.69, 9.17) is 4.74 Å². The minimum Gasteiger partial charge on any atom is -0.496 e. The summed E-state index contributed by atoms with van der Waals surface area (Å²) in [6.07, 6.45) is 3.08. The molecule has 0 atom stereocenters. The summed E-state index contributed by atoms with van der Waals surface area (Å²) in [4.78, 5) is 32.8. The molecule has 1 aliphatic rings. The van der Waals surface area contributed by atoms with Gasteiger partial charge in [0.05, 0.1) is 35.3 Å². The summed E-state index contributed by atoms with van der Waals surface area (Å²) >= 11 is 3.46. The third-order valence-corrected chi connectivity index (χ3v) is 6.24. The number of halogens is 1. The first kappa shape index (κ1) is 21.7. The molecular formula is C24H21BrN4O3. The standard InChI is InChI=1S/C24H21BrN4O3/c1-32-20-8-7-18(25)22-21(20)17(15-27-22)23(30)24(31)29-13-11-28(12-14-29)19(9-10-26)16-5-3-2-4-6-16/h2-9,15,27H,11-14H2,1H3/b19-9+. The monoisotopic (exact) mass is 492 g/mol. The number of nitrogens with one attached hydrogen (secondary N) is 1. The van der Waals surface area contributed by atoms with Crippen LogP contribution in [0.3, 0.4) is 0 Å². The normalized spacial score (nSPS) is 14.3. The Morgan fingerprint density at radius 3 is 2.44 bits per heavy atom. The highest BCUT2D eigenvalue weighted by atomic mass is 79.9. The van der Waals surface area contributed by atoms with Crippen LogP contribution in [0.5, 0.6) is 5.75 Å². The first-order valence-electron chi connectivity index (χ1n) is 10.1. The van der Waals surface area contributed by atoms with Gasteiger partial charge in [-0.2, -0.15) is 5.26 Å². The number of allylic oxidation sites excluding steroid dienone is 1. The van der Waals surface area contributed by atoms with E-state index in [-0.39, 0.29) is 0 Å². The molecule has 4 rings (SSSR count). The number of ketones is 1. The number of nitrogens with zero attached hydrogens (tertiary/aromatic N) is 3. The van der Waals surface area contributed by atoms with Crippen molar-refractivity contribution < 1.29 is 14.3 Å². The van der Waals surface area contributed by atoms with E-state index < -0.39 is 11.7 Å². The largest absolute Gasteiger partial charge is 0.496 e. The third kappa shape index (κ3) is 3.99. The number of carbonyl (C=O) groups excluding carboxylic acids is 2. The number of hydrogen-bond acceptors (Lipinski definition) is 5. The molecule has 0 bridgehead atoms. The fourth-order valence-corrected chi connectivity index (χ4v) is 4.41. The number of fused-ring (bicyclic) bond motifs is 1. The average Bonchev–Trinajstić information content (AvgIpc) is 3.29. The number of rotatable bonds is 5. The number of hydrogen-bond donors (Lipinski definition) is 1. The van der Waals surface area contributed by atoms with Crippen molar-refractivity contribution in [2.75, 3.05) is 33.3 Å². The summed E-state index contributed by atoms with van der Waals surface area (Å²) in [7, 11) is 1.53. The lowest BCUT2D eigenvalue weighted by atomic mass is 10.1. The quantitative estimate of drug-likeness (QED) is 0.332. The van der Waals surface area contributed by atoms with Crippen LogP contribution >= 0.6 is 15.9 Å². The summed E-state index contributed by atoms with van der Waals surface area (Å²) in [5.41, 5.74) is 2.76. The summed E-state index contributed by atoms with van der Waals surface area (Å²) in [6.45, 7) is 1.85. The highest BCUT2D eigenvalue weighted by molar-refractivity contribution is 9.10. The number of H-pyrrole nitrogens is 1. The molecule has 32 heavy (non-hydrogen) atoms. The predicted octanol–water partition coefficient (Wildman–Crippen LogP) is 3.83. The van der Waals surface area contributed by atoms with Crippen molar-refractivity contribution in [1.29, 1.82) is 5.26 Å². The van der Waals surface area contributed by atoms with Crippen LogP contribution in [0.4, 0.5) is 0 Å².